The summed E-state index contributed by atoms with van der Waals surface area (Å²) in [7, 11) is 0. The van der Waals surface area contributed by atoms with E-state index in [9.17, 15) is 4.79 Å². The van der Waals surface area contributed by atoms with Gasteiger partial charge in [0.2, 0.25) is 6.29 Å². The number of nitrogens with zero attached hydrogens (tertiary/aromatic N) is 1. The van der Waals surface area contributed by atoms with Crippen LogP contribution in [-0.2, 0) is 4.79 Å². The Morgan fingerprint density at radius 3 is 2.77 bits per heavy atom. The van der Waals surface area contributed by atoms with Crippen molar-refractivity contribution in [2.24, 2.45) is 0 Å². The van der Waals surface area contributed by atoms with Crippen molar-refractivity contribution in [2.45, 2.75) is 37.8 Å². The lowest BCUT2D eigenvalue weighted by atomic mass is 10.1. The molecule has 0 aromatic rings. The third-order valence-electron chi connectivity index (χ3n) is 3.21. The quantitative estimate of drug-likeness (QED) is 0.665. The van der Waals surface area contributed by atoms with Crippen LogP contribution in [0, 0.1) is 0 Å². The Hall–Kier alpha value is -0.410. The van der Waals surface area contributed by atoms with Crippen molar-refractivity contribution in [2.75, 3.05) is 19.6 Å². The summed E-state index contributed by atoms with van der Waals surface area (Å²) in [6, 6.07) is 0.672. The first-order valence-corrected chi connectivity index (χ1v) is 5.26. The Labute approximate surface area is 79.5 Å². The highest BCUT2D eigenvalue weighted by Gasteiger charge is 2.30. The maximum Gasteiger partial charge on any atom is 0.218 e. The third kappa shape index (κ3) is 1.92. The lowest BCUT2D eigenvalue weighted by Gasteiger charge is -2.36. The van der Waals surface area contributed by atoms with Gasteiger partial charge in [-0.25, -0.2) is 0 Å². The first-order valence-electron chi connectivity index (χ1n) is 5.26. The van der Waals surface area contributed by atoms with Gasteiger partial charge in [-0.15, -0.1) is 0 Å². The van der Waals surface area contributed by atoms with Crippen LogP contribution < -0.4 is 5.32 Å². The minimum absolute atomic E-state index is 0.0110. The number of hydrogen-bond donors (Lipinski definition) is 1. The molecule has 0 aromatic carbocycles. The molecule has 1 unspecified atom stereocenters. The molecule has 3 heteroatoms. The summed E-state index contributed by atoms with van der Waals surface area (Å²) in [6.07, 6.45) is 7.36. The monoisotopic (exact) mass is 181 g/mol. The molecule has 0 spiro atoms. The minimum atomic E-state index is 0.0110. The average Bonchev–Trinajstić information content (AvgIpc) is 2.70. The van der Waals surface area contributed by atoms with Gasteiger partial charge in [-0.3, -0.25) is 9.69 Å². The van der Waals surface area contributed by atoms with Gasteiger partial charge in [0.05, 0.1) is 6.04 Å². The first-order chi connectivity index (χ1) is 6.42. The van der Waals surface area contributed by atoms with E-state index in [0.29, 0.717) is 6.04 Å². The summed E-state index contributed by atoms with van der Waals surface area (Å²) in [5.41, 5.74) is 0. The van der Waals surface area contributed by atoms with Gasteiger partial charge in [-0.2, -0.15) is 0 Å². The van der Waals surface area contributed by atoms with E-state index in [-0.39, 0.29) is 6.04 Å². The molecule has 13 heavy (non-hydrogen) atoms. The van der Waals surface area contributed by atoms with E-state index in [4.69, 9.17) is 0 Å². The molecule has 1 atom stereocenters. The number of piperazine rings is 1. The number of hydrogen-bond acceptors (Lipinski definition) is 3. The van der Waals surface area contributed by atoms with E-state index in [1.165, 1.54) is 25.7 Å². The summed E-state index contributed by atoms with van der Waals surface area (Å²) < 4.78 is 0. The van der Waals surface area contributed by atoms with Crippen molar-refractivity contribution < 1.29 is 4.79 Å². The average molecular weight is 181 g/mol. The zero-order chi connectivity index (χ0) is 9.10. The molecule has 2 rings (SSSR count). The van der Waals surface area contributed by atoms with Crippen molar-refractivity contribution in [3.05, 3.63) is 0 Å². The van der Waals surface area contributed by atoms with Crippen LogP contribution >= 0.6 is 0 Å². The van der Waals surface area contributed by atoms with Crippen LogP contribution in [0.5, 0.6) is 0 Å². The van der Waals surface area contributed by atoms with Crippen molar-refractivity contribution >= 4 is 6.29 Å². The zero-order valence-corrected chi connectivity index (χ0v) is 7.96. The van der Waals surface area contributed by atoms with Crippen LogP contribution in [0.1, 0.15) is 25.7 Å². The lowest BCUT2D eigenvalue weighted by Crippen LogP contribution is -2.55. The van der Waals surface area contributed by atoms with E-state index in [0.717, 1.165) is 19.6 Å². The van der Waals surface area contributed by atoms with Gasteiger partial charge < -0.3 is 5.32 Å². The topological polar surface area (TPSA) is 32.3 Å². The molecule has 1 saturated heterocycles. The van der Waals surface area contributed by atoms with E-state index in [1.807, 2.05) is 0 Å². The molecule has 2 fully saturated rings. The molecule has 3 nitrogen and oxygen atoms in total. The summed E-state index contributed by atoms with van der Waals surface area (Å²) in [4.78, 5) is 13.1. The Bertz CT molecular complexity index is 178. The summed E-state index contributed by atoms with van der Waals surface area (Å²) in [5.74, 6) is 0. The fraction of sp³-hybridized carbons (Fsp3) is 0.900. The van der Waals surface area contributed by atoms with Crippen molar-refractivity contribution in [1.82, 2.24) is 10.2 Å². The van der Waals surface area contributed by atoms with Gasteiger partial charge in [0.25, 0.3) is 0 Å². The number of nitrogens with one attached hydrogen (secondary N) is 1. The predicted molar refractivity (Wildman–Crippen MR) is 51.3 cm³/mol. The van der Waals surface area contributed by atoms with Crippen LogP contribution in [-0.4, -0.2) is 42.9 Å². The van der Waals surface area contributed by atoms with Crippen LogP contribution in [0.3, 0.4) is 0 Å². The predicted octanol–water partition coefficient (Wildman–Crippen LogP) is 0.312. The van der Waals surface area contributed by atoms with Gasteiger partial charge >= 0.3 is 0 Å². The van der Waals surface area contributed by atoms with E-state index < -0.39 is 0 Å². The van der Waals surface area contributed by atoms with Crippen molar-refractivity contribution in [1.29, 1.82) is 0 Å². The summed E-state index contributed by atoms with van der Waals surface area (Å²) in [5, 5.41) is 3.24. The Balaban J connectivity index is 1.96. The molecular formula is C10H17N2O. The molecule has 2 aliphatic rings. The first kappa shape index (κ1) is 9.16. The number of rotatable bonds is 2. The molecule has 1 N–H and O–H groups in total. The maximum atomic E-state index is 10.7. The van der Waals surface area contributed by atoms with Crippen LogP contribution in [0.2, 0.25) is 0 Å². The highest BCUT2D eigenvalue weighted by Crippen LogP contribution is 2.25. The standard InChI is InChI=1S/C10H17N2O/c13-8-10-7-11-5-6-12(10)9-3-1-2-4-9/h9-11H,1-7H2. The molecule has 0 amide bonds. The van der Waals surface area contributed by atoms with E-state index in [2.05, 4.69) is 16.5 Å². The highest BCUT2D eigenvalue weighted by molar-refractivity contribution is 5.59. The van der Waals surface area contributed by atoms with Crippen LogP contribution in [0.15, 0.2) is 0 Å². The highest BCUT2D eigenvalue weighted by atomic mass is 16.1. The zero-order valence-electron chi connectivity index (χ0n) is 7.96. The molecular weight excluding hydrogens is 164 g/mol. The van der Waals surface area contributed by atoms with Gasteiger partial charge in [0.1, 0.15) is 0 Å². The fourth-order valence-electron chi connectivity index (χ4n) is 2.50. The Kier molecular flexibility index (Phi) is 2.96. The molecule has 0 bridgehead atoms. The Morgan fingerprint density at radius 2 is 2.08 bits per heavy atom. The van der Waals surface area contributed by atoms with Gasteiger partial charge in [-0.05, 0) is 12.8 Å². The molecule has 1 aliphatic heterocycles. The van der Waals surface area contributed by atoms with Crippen LogP contribution in [0.4, 0.5) is 0 Å². The molecule has 1 aliphatic carbocycles. The molecule has 1 saturated carbocycles. The van der Waals surface area contributed by atoms with E-state index in [1.54, 1.807) is 0 Å². The second kappa shape index (κ2) is 4.20. The largest absolute Gasteiger partial charge is 0.313 e. The smallest absolute Gasteiger partial charge is 0.218 e. The normalized spacial score (nSPS) is 32.2. The lowest BCUT2D eigenvalue weighted by molar-refractivity contribution is 0.142. The summed E-state index contributed by atoms with van der Waals surface area (Å²) in [6.45, 7) is 2.83. The second-order valence-corrected chi connectivity index (χ2v) is 4.01. The Morgan fingerprint density at radius 1 is 1.31 bits per heavy atom. The molecule has 0 aromatic heterocycles. The van der Waals surface area contributed by atoms with Gasteiger partial charge in [-0.1, -0.05) is 12.8 Å². The van der Waals surface area contributed by atoms with Gasteiger partial charge in [0.15, 0.2) is 0 Å². The maximum absolute atomic E-state index is 10.7. The third-order valence-corrected chi connectivity index (χ3v) is 3.21. The fourth-order valence-corrected chi connectivity index (χ4v) is 2.50. The second-order valence-electron chi connectivity index (χ2n) is 4.01. The molecule has 73 valence electrons. The van der Waals surface area contributed by atoms with Crippen molar-refractivity contribution in [3.8, 4) is 0 Å². The minimum Gasteiger partial charge on any atom is -0.313 e. The van der Waals surface area contributed by atoms with Crippen molar-refractivity contribution in [3.63, 3.8) is 0 Å². The van der Waals surface area contributed by atoms with Gasteiger partial charge in [0, 0.05) is 25.7 Å². The molecule has 1 heterocycles. The summed E-state index contributed by atoms with van der Waals surface area (Å²) >= 11 is 0. The number of carbonyl (C=O) groups excluding carboxylic acids is 1. The molecule has 1 radical (unpaired) electrons. The van der Waals surface area contributed by atoms with Crippen LogP contribution in [0.25, 0.3) is 0 Å². The van der Waals surface area contributed by atoms with E-state index >= 15 is 0 Å². The SMILES string of the molecule is O=[C]C1CNCCN1C1CCCC1.